The van der Waals surface area contributed by atoms with Gasteiger partial charge in [0.15, 0.2) is 0 Å². The molecule has 1 aromatic rings. The summed E-state index contributed by atoms with van der Waals surface area (Å²) in [6, 6.07) is 9.55. The van der Waals surface area contributed by atoms with Crippen molar-refractivity contribution < 1.29 is 14.7 Å². The number of hydrogen-bond donors (Lipinski definition) is 3. The summed E-state index contributed by atoms with van der Waals surface area (Å²) in [5.41, 5.74) is 1.28. The zero-order chi connectivity index (χ0) is 17.8. The van der Waals surface area contributed by atoms with Gasteiger partial charge in [-0.25, -0.2) is 0 Å². The van der Waals surface area contributed by atoms with Gasteiger partial charge in [0, 0.05) is 12.0 Å². The summed E-state index contributed by atoms with van der Waals surface area (Å²) in [7, 11) is 0. The van der Waals surface area contributed by atoms with E-state index in [9.17, 15) is 14.7 Å². The number of carbonyl (C=O) groups is 2. The van der Waals surface area contributed by atoms with E-state index >= 15 is 0 Å². The topological polar surface area (TPSA) is 78.4 Å². The second-order valence-corrected chi connectivity index (χ2v) is 7.50. The minimum Gasteiger partial charge on any atom is -0.391 e. The zero-order valence-electron chi connectivity index (χ0n) is 14.8. The average Bonchev–Trinajstić information content (AvgIpc) is 3.36. The van der Waals surface area contributed by atoms with Crippen molar-refractivity contribution in [3.05, 3.63) is 35.9 Å². The standard InChI is InChI=1S/C20H28N2O3/c1-13(23)18(22-19(24)15-10-11-15)20(25)21-17-9-5-8-16(17)12-14-6-3-2-4-7-14/h2-4,6-7,13,15-18,23H,5,8-12H2,1H3,(H,21,25)(H,22,24). The highest BCUT2D eigenvalue weighted by Gasteiger charge is 2.36. The van der Waals surface area contributed by atoms with Crippen LogP contribution in [0.4, 0.5) is 0 Å². The maximum Gasteiger partial charge on any atom is 0.245 e. The number of amides is 2. The van der Waals surface area contributed by atoms with Crippen LogP contribution in [0.3, 0.4) is 0 Å². The molecular weight excluding hydrogens is 316 g/mol. The van der Waals surface area contributed by atoms with Crippen molar-refractivity contribution in [1.29, 1.82) is 0 Å². The summed E-state index contributed by atoms with van der Waals surface area (Å²) < 4.78 is 0. The number of nitrogens with one attached hydrogen (secondary N) is 2. The molecule has 2 aliphatic rings. The summed E-state index contributed by atoms with van der Waals surface area (Å²) in [4.78, 5) is 24.6. The highest BCUT2D eigenvalue weighted by atomic mass is 16.3. The molecule has 2 amide bonds. The first-order chi connectivity index (χ1) is 12.0. The molecule has 0 aliphatic heterocycles. The Balaban J connectivity index is 1.58. The van der Waals surface area contributed by atoms with E-state index in [-0.39, 0.29) is 23.8 Å². The Kier molecular flexibility index (Phi) is 5.74. The van der Waals surface area contributed by atoms with Gasteiger partial charge in [-0.05, 0) is 50.5 Å². The molecule has 0 radical (unpaired) electrons. The predicted octanol–water partition coefficient (Wildman–Crippen LogP) is 1.79. The molecule has 3 N–H and O–H groups in total. The third-order valence-corrected chi connectivity index (χ3v) is 5.34. The largest absolute Gasteiger partial charge is 0.391 e. The minimum atomic E-state index is -0.906. The first-order valence-corrected chi connectivity index (χ1v) is 9.37. The summed E-state index contributed by atoms with van der Waals surface area (Å²) in [6.45, 7) is 1.55. The van der Waals surface area contributed by atoms with Crippen LogP contribution in [0.2, 0.25) is 0 Å². The van der Waals surface area contributed by atoms with Gasteiger partial charge in [0.05, 0.1) is 6.10 Å². The normalized spacial score (nSPS) is 25.2. The van der Waals surface area contributed by atoms with Gasteiger partial charge in [-0.15, -0.1) is 0 Å². The fourth-order valence-electron chi connectivity index (χ4n) is 3.68. The van der Waals surface area contributed by atoms with E-state index in [1.165, 1.54) is 5.56 Å². The molecule has 2 saturated carbocycles. The smallest absolute Gasteiger partial charge is 0.245 e. The molecule has 2 aliphatic carbocycles. The SMILES string of the molecule is CC(O)C(NC(=O)C1CC1)C(=O)NC1CCCC1Cc1ccccc1. The molecule has 0 heterocycles. The molecule has 5 nitrogen and oxygen atoms in total. The van der Waals surface area contributed by atoms with Gasteiger partial charge in [0.1, 0.15) is 6.04 Å². The molecule has 4 atom stereocenters. The fraction of sp³-hybridized carbons (Fsp3) is 0.600. The summed E-state index contributed by atoms with van der Waals surface area (Å²) in [5.74, 6) is 0.0359. The number of aliphatic hydroxyl groups excluding tert-OH is 1. The lowest BCUT2D eigenvalue weighted by molar-refractivity contribution is -0.132. The van der Waals surface area contributed by atoms with Crippen LogP contribution in [-0.4, -0.2) is 35.1 Å². The van der Waals surface area contributed by atoms with Crippen molar-refractivity contribution in [2.24, 2.45) is 11.8 Å². The number of benzene rings is 1. The van der Waals surface area contributed by atoms with Gasteiger partial charge in [-0.2, -0.15) is 0 Å². The lowest BCUT2D eigenvalue weighted by atomic mass is 9.94. The first kappa shape index (κ1) is 17.9. The fourth-order valence-corrected chi connectivity index (χ4v) is 3.68. The van der Waals surface area contributed by atoms with Gasteiger partial charge in [0.25, 0.3) is 0 Å². The van der Waals surface area contributed by atoms with Crippen LogP contribution in [0.1, 0.15) is 44.6 Å². The number of rotatable bonds is 7. The van der Waals surface area contributed by atoms with Crippen LogP contribution in [0.5, 0.6) is 0 Å². The molecule has 25 heavy (non-hydrogen) atoms. The molecule has 1 aromatic carbocycles. The molecule has 0 bridgehead atoms. The highest BCUT2D eigenvalue weighted by molar-refractivity contribution is 5.89. The Bertz CT molecular complexity index is 598. The maximum atomic E-state index is 12.6. The van der Waals surface area contributed by atoms with E-state index in [0.29, 0.717) is 5.92 Å². The monoisotopic (exact) mass is 344 g/mol. The third kappa shape index (κ3) is 4.82. The van der Waals surface area contributed by atoms with Crippen LogP contribution in [-0.2, 0) is 16.0 Å². The molecule has 3 rings (SSSR count). The van der Waals surface area contributed by atoms with Crippen LogP contribution in [0.15, 0.2) is 30.3 Å². The van der Waals surface area contributed by atoms with Gasteiger partial charge in [0.2, 0.25) is 11.8 Å². The Morgan fingerprint density at radius 3 is 2.52 bits per heavy atom. The van der Waals surface area contributed by atoms with Crippen LogP contribution >= 0.6 is 0 Å². The average molecular weight is 344 g/mol. The molecule has 0 saturated heterocycles. The number of carbonyl (C=O) groups excluding carboxylic acids is 2. The Labute approximate surface area is 149 Å². The van der Waals surface area contributed by atoms with E-state index in [4.69, 9.17) is 0 Å². The summed E-state index contributed by atoms with van der Waals surface area (Å²) >= 11 is 0. The van der Waals surface area contributed by atoms with Crippen molar-refractivity contribution >= 4 is 11.8 Å². The lowest BCUT2D eigenvalue weighted by Crippen LogP contribution is -2.55. The van der Waals surface area contributed by atoms with Crippen molar-refractivity contribution in [2.75, 3.05) is 0 Å². The van der Waals surface area contributed by atoms with E-state index in [1.807, 2.05) is 18.2 Å². The van der Waals surface area contributed by atoms with Crippen LogP contribution in [0, 0.1) is 11.8 Å². The molecule has 2 fully saturated rings. The third-order valence-electron chi connectivity index (χ3n) is 5.34. The van der Waals surface area contributed by atoms with E-state index in [1.54, 1.807) is 6.92 Å². The van der Waals surface area contributed by atoms with E-state index in [0.717, 1.165) is 38.5 Å². The van der Waals surface area contributed by atoms with E-state index in [2.05, 4.69) is 22.8 Å². The van der Waals surface area contributed by atoms with Gasteiger partial charge < -0.3 is 15.7 Å². The summed E-state index contributed by atoms with van der Waals surface area (Å²) in [5, 5.41) is 15.7. The predicted molar refractivity (Wildman–Crippen MR) is 95.8 cm³/mol. The molecule has 4 unspecified atom stereocenters. The minimum absolute atomic E-state index is 0.0198. The number of hydrogen-bond acceptors (Lipinski definition) is 3. The highest BCUT2D eigenvalue weighted by Crippen LogP contribution is 2.30. The molecule has 136 valence electrons. The molecular formula is C20H28N2O3. The second kappa shape index (κ2) is 8.00. The summed E-state index contributed by atoms with van der Waals surface area (Å²) in [6.07, 6.45) is 4.93. The van der Waals surface area contributed by atoms with Crippen molar-refractivity contribution in [3.63, 3.8) is 0 Å². The Morgan fingerprint density at radius 2 is 1.88 bits per heavy atom. The molecule has 0 spiro atoms. The molecule has 5 heteroatoms. The van der Waals surface area contributed by atoms with E-state index < -0.39 is 12.1 Å². The Hall–Kier alpha value is -1.88. The Morgan fingerprint density at radius 1 is 1.16 bits per heavy atom. The molecule has 0 aromatic heterocycles. The quantitative estimate of drug-likeness (QED) is 0.706. The maximum absolute atomic E-state index is 12.6. The lowest BCUT2D eigenvalue weighted by Gasteiger charge is -2.26. The van der Waals surface area contributed by atoms with Gasteiger partial charge in [-0.3, -0.25) is 9.59 Å². The zero-order valence-corrected chi connectivity index (χ0v) is 14.8. The first-order valence-electron chi connectivity index (χ1n) is 9.37. The second-order valence-electron chi connectivity index (χ2n) is 7.50. The number of aliphatic hydroxyl groups is 1. The van der Waals surface area contributed by atoms with Crippen molar-refractivity contribution in [1.82, 2.24) is 10.6 Å². The van der Waals surface area contributed by atoms with Gasteiger partial charge in [-0.1, -0.05) is 36.8 Å². The van der Waals surface area contributed by atoms with Crippen LogP contribution in [0.25, 0.3) is 0 Å². The van der Waals surface area contributed by atoms with Gasteiger partial charge >= 0.3 is 0 Å². The van der Waals surface area contributed by atoms with Crippen molar-refractivity contribution in [2.45, 2.75) is 63.6 Å². The van der Waals surface area contributed by atoms with Crippen molar-refractivity contribution in [3.8, 4) is 0 Å². The van der Waals surface area contributed by atoms with Crippen LogP contribution < -0.4 is 10.6 Å².